The lowest BCUT2D eigenvalue weighted by Crippen LogP contribution is -2.17. The highest BCUT2D eigenvalue weighted by Crippen LogP contribution is 2.63. The third-order valence-electron chi connectivity index (χ3n) is 10.0. The number of fused-ring (bicyclic) bond motifs is 8. The van der Waals surface area contributed by atoms with E-state index in [1.54, 1.807) is 0 Å². The Kier molecular flexibility index (Phi) is 4.38. The Morgan fingerprint density at radius 1 is 0.310 bits per heavy atom. The van der Waals surface area contributed by atoms with Gasteiger partial charge < -0.3 is 0 Å². The summed E-state index contributed by atoms with van der Waals surface area (Å²) in [6, 6.07) is 44.9. The van der Waals surface area contributed by atoms with E-state index < -0.39 is 0 Å². The quantitative estimate of drug-likeness (QED) is 0.195. The Labute approximate surface area is 245 Å². The second-order valence-corrected chi connectivity index (χ2v) is 12.0. The van der Waals surface area contributed by atoms with Crippen molar-refractivity contribution in [3.63, 3.8) is 0 Å². The van der Waals surface area contributed by atoms with E-state index in [4.69, 9.17) is 0 Å². The molecule has 0 bridgehead atoms. The highest BCUT2D eigenvalue weighted by Gasteiger charge is 2.47. The Bertz CT molecular complexity index is 2110. The molecule has 0 nitrogen and oxygen atoms in total. The normalized spacial score (nSPS) is 19.0. The minimum Gasteiger partial charge on any atom is -0.0622 e. The minimum absolute atomic E-state index is 0.374. The fourth-order valence-corrected chi connectivity index (χ4v) is 8.37. The van der Waals surface area contributed by atoms with Gasteiger partial charge in [-0.15, -0.1) is 0 Å². The second-order valence-electron chi connectivity index (χ2n) is 12.0. The van der Waals surface area contributed by atoms with Crippen LogP contribution in [0.5, 0.6) is 0 Å². The summed E-state index contributed by atoms with van der Waals surface area (Å²) in [7, 11) is 0. The Morgan fingerprint density at radius 2 is 0.667 bits per heavy atom. The molecule has 0 fully saturated rings. The summed E-state index contributed by atoms with van der Waals surface area (Å²) in [4.78, 5) is 0. The fraction of sp³-hybridized carbons (Fsp3) is 0.0476. The number of hydrogen-bond donors (Lipinski definition) is 0. The highest BCUT2D eigenvalue weighted by molar-refractivity contribution is 6.23. The lowest BCUT2D eigenvalue weighted by Gasteiger charge is -2.30. The molecule has 6 aromatic rings. The van der Waals surface area contributed by atoms with Gasteiger partial charge in [0.15, 0.2) is 0 Å². The highest BCUT2D eigenvalue weighted by atomic mass is 14.5. The molecule has 0 N–H and O–H groups in total. The SMILES string of the molecule is C1=C2c3ccccc3C3=CC=C4c5cc6c(-c7ccccc7)c7ccccc7c(-c7ccccc7)c6cc5C(=C1)C4C23. The molecule has 0 aliphatic heterocycles. The number of allylic oxidation sites excluding steroid dienone is 8. The predicted octanol–water partition coefficient (Wildman–Crippen LogP) is 10.8. The molecule has 0 amide bonds. The van der Waals surface area contributed by atoms with Crippen molar-refractivity contribution in [2.24, 2.45) is 11.8 Å². The van der Waals surface area contributed by atoms with Crippen molar-refractivity contribution < 1.29 is 0 Å². The van der Waals surface area contributed by atoms with E-state index in [2.05, 4.69) is 146 Å². The standard InChI is InChI=1S/C42H26/c1-3-11-25(12-4-1)39-29-17-9-10-18-30(29)40(26-13-5-2-6-14-26)38-24-36-34-22-20-32-28-16-8-7-15-27(28)31-19-21-33(42(34)41(31)32)35(36)23-37(38)39/h1-24,41-42H. The van der Waals surface area contributed by atoms with E-state index in [9.17, 15) is 0 Å². The van der Waals surface area contributed by atoms with E-state index in [1.165, 1.54) is 88.3 Å². The molecule has 0 spiro atoms. The van der Waals surface area contributed by atoms with Gasteiger partial charge in [0, 0.05) is 11.8 Å². The Balaban J connectivity index is 1.34. The van der Waals surface area contributed by atoms with Crippen LogP contribution >= 0.6 is 0 Å². The number of rotatable bonds is 2. The number of benzene rings is 6. The third kappa shape index (κ3) is 2.82. The van der Waals surface area contributed by atoms with Crippen molar-refractivity contribution in [3.8, 4) is 22.3 Å². The van der Waals surface area contributed by atoms with E-state index in [0.29, 0.717) is 11.8 Å². The molecule has 0 radical (unpaired) electrons. The van der Waals surface area contributed by atoms with E-state index in [-0.39, 0.29) is 0 Å². The molecule has 194 valence electrons. The van der Waals surface area contributed by atoms with Crippen LogP contribution in [0.15, 0.2) is 146 Å². The molecule has 0 saturated heterocycles. The predicted molar refractivity (Wildman–Crippen MR) is 178 cm³/mol. The zero-order valence-corrected chi connectivity index (χ0v) is 23.0. The summed E-state index contributed by atoms with van der Waals surface area (Å²) >= 11 is 0. The van der Waals surface area contributed by atoms with Gasteiger partial charge in [0.2, 0.25) is 0 Å². The zero-order chi connectivity index (χ0) is 27.4. The van der Waals surface area contributed by atoms with Gasteiger partial charge in [-0.3, -0.25) is 0 Å². The first-order valence-corrected chi connectivity index (χ1v) is 14.9. The average Bonchev–Trinajstić information content (AvgIpc) is 3.55. The van der Waals surface area contributed by atoms with Crippen molar-refractivity contribution in [2.75, 3.05) is 0 Å². The van der Waals surface area contributed by atoms with Crippen LogP contribution in [0.4, 0.5) is 0 Å². The molecule has 6 aromatic carbocycles. The average molecular weight is 531 g/mol. The van der Waals surface area contributed by atoms with Crippen LogP contribution in [-0.4, -0.2) is 0 Å². The van der Waals surface area contributed by atoms with Gasteiger partial charge in [-0.25, -0.2) is 0 Å². The van der Waals surface area contributed by atoms with Crippen LogP contribution in [0.3, 0.4) is 0 Å². The first-order chi connectivity index (χ1) is 20.9. The van der Waals surface area contributed by atoms with Crippen LogP contribution in [0.25, 0.3) is 66.1 Å². The van der Waals surface area contributed by atoms with Crippen molar-refractivity contribution in [1.82, 2.24) is 0 Å². The van der Waals surface area contributed by atoms with E-state index in [0.717, 1.165) is 0 Å². The van der Waals surface area contributed by atoms with Gasteiger partial charge >= 0.3 is 0 Å². The first kappa shape index (κ1) is 22.5. The van der Waals surface area contributed by atoms with Crippen molar-refractivity contribution in [1.29, 1.82) is 0 Å². The van der Waals surface area contributed by atoms with Gasteiger partial charge in [-0.05, 0) is 100 Å². The summed E-state index contributed by atoms with van der Waals surface area (Å²) < 4.78 is 0. The minimum atomic E-state index is 0.374. The maximum Gasteiger partial charge on any atom is 0.0211 e. The van der Waals surface area contributed by atoms with Crippen molar-refractivity contribution in [3.05, 3.63) is 168 Å². The van der Waals surface area contributed by atoms with E-state index in [1.807, 2.05) is 0 Å². The summed E-state index contributed by atoms with van der Waals surface area (Å²) in [5.41, 5.74) is 16.7. The molecule has 4 aliphatic rings. The summed E-state index contributed by atoms with van der Waals surface area (Å²) in [6.45, 7) is 0. The maximum absolute atomic E-state index is 2.53. The van der Waals surface area contributed by atoms with Gasteiger partial charge in [0.05, 0.1) is 0 Å². The van der Waals surface area contributed by atoms with Gasteiger partial charge in [0.25, 0.3) is 0 Å². The molecule has 0 heterocycles. The molecule has 10 rings (SSSR count). The summed E-state index contributed by atoms with van der Waals surface area (Å²) in [5.74, 6) is 0.776. The molecule has 0 atom stereocenters. The Hall–Kier alpha value is -5.20. The molecule has 0 heteroatoms. The molecular weight excluding hydrogens is 504 g/mol. The van der Waals surface area contributed by atoms with Crippen LogP contribution in [0.1, 0.15) is 22.3 Å². The van der Waals surface area contributed by atoms with Crippen LogP contribution in [0, 0.1) is 11.8 Å². The zero-order valence-electron chi connectivity index (χ0n) is 23.0. The largest absolute Gasteiger partial charge is 0.0622 e. The smallest absolute Gasteiger partial charge is 0.0211 e. The lowest BCUT2D eigenvalue weighted by molar-refractivity contribution is 0.758. The third-order valence-corrected chi connectivity index (χ3v) is 10.0. The summed E-state index contributed by atoms with van der Waals surface area (Å²) in [6.07, 6.45) is 9.67. The second kappa shape index (κ2) is 8.18. The molecule has 4 aliphatic carbocycles. The molecule has 0 aromatic heterocycles. The van der Waals surface area contributed by atoms with Gasteiger partial charge in [-0.1, -0.05) is 133 Å². The van der Waals surface area contributed by atoms with Crippen molar-refractivity contribution >= 4 is 43.8 Å². The van der Waals surface area contributed by atoms with Crippen LogP contribution < -0.4 is 0 Å². The lowest BCUT2D eigenvalue weighted by atomic mass is 9.72. The monoisotopic (exact) mass is 530 g/mol. The summed E-state index contributed by atoms with van der Waals surface area (Å²) in [5, 5.41) is 5.27. The molecule has 42 heavy (non-hydrogen) atoms. The molecular formula is C42H26. The first-order valence-electron chi connectivity index (χ1n) is 14.9. The van der Waals surface area contributed by atoms with Crippen molar-refractivity contribution in [2.45, 2.75) is 0 Å². The van der Waals surface area contributed by atoms with E-state index >= 15 is 0 Å². The Morgan fingerprint density at radius 3 is 1.10 bits per heavy atom. The molecule has 0 unspecified atom stereocenters. The topological polar surface area (TPSA) is 0 Å². The maximum atomic E-state index is 2.53. The molecule has 0 saturated carbocycles. The fourth-order valence-electron chi connectivity index (χ4n) is 8.37. The van der Waals surface area contributed by atoms with Crippen LogP contribution in [-0.2, 0) is 0 Å². The number of hydrogen-bond acceptors (Lipinski definition) is 0. The van der Waals surface area contributed by atoms with Crippen LogP contribution in [0.2, 0.25) is 0 Å². The van der Waals surface area contributed by atoms with Gasteiger partial charge in [0.1, 0.15) is 0 Å². The van der Waals surface area contributed by atoms with Gasteiger partial charge in [-0.2, -0.15) is 0 Å².